The van der Waals surface area contributed by atoms with Crippen molar-refractivity contribution in [2.45, 2.75) is 18.9 Å². The third-order valence-corrected chi connectivity index (χ3v) is 5.56. The van der Waals surface area contributed by atoms with Gasteiger partial charge in [-0.2, -0.15) is 0 Å². The fourth-order valence-electron chi connectivity index (χ4n) is 3.29. The number of carboxylic acid groups (broad SMARTS) is 1. The van der Waals surface area contributed by atoms with Crippen LogP contribution in [0.5, 0.6) is 0 Å². The van der Waals surface area contributed by atoms with Crippen LogP contribution in [0, 0.1) is 0 Å². The number of amides is 2. The van der Waals surface area contributed by atoms with Gasteiger partial charge < -0.3 is 20.5 Å². The highest BCUT2D eigenvalue weighted by molar-refractivity contribution is 7.99. The number of thioether (sulfide) groups is 1. The van der Waals surface area contributed by atoms with E-state index in [9.17, 15) is 19.5 Å². The molecule has 2 aromatic rings. The first-order chi connectivity index (χ1) is 14.0. The molecule has 0 saturated heterocycles. The summed E-state index contributed by atoms with van der Waals surface area (Å²) in [6, 6.07) is 14.9. The van der Waals surface area contributed by atoms with E-state index in [-0.39, 0.29) is 30.1 Å². The number of ether oxygens (including phenoxy) is 1. The van der Waals surface area contributed by atoms with Crippen LogP contribution in [0.3, 0.4) is 0 Å². The minimum Gasteiger partial charge on any atom is -0.480 e. The fourth-order valence-corrected chi connectivity index (χ4v) is 4.17. The van der Waals surface area contributed by atoms with Crippen molar-refractivity contribution < 1.29 is 24.2 Å². The number of carbonyl (C=O) groups is 3. The van der Waals surface area contributed by atoms with E-state index in [1.165, 1.54) is 18.7 Å². The summed E-state index contributed by atoms with van der Waals surface area (Å²) in [7, 11) is 0. The summed E-state index contributed by atoms with van der Waals surface area (Å²) >= 11 is 1.20. The summed E-state index contributed by atoms with van der Waals surface area (Å²) < 4.78 is 5.37. The average Bonchev–Trinajstić information content (AvgIpc) is 3.02. The van der Waals surface area contributed by atoms with E-state index in [0.717, 1.165) is 22.3 Å². The second kappa shape index (κ2) is 9.47. The molecule has 0 aromatic heterocycles. The van der Waals surface area contributed by atoms with Crippen LogP contribution in [0.2, 0.25) is 0 Å². The van der Waals surface area contributed by atoms with Crippen molar-refractivity contribution in [1.82, 2.24) is 10.6 Å². The van der Waals surface area contributed by atoms with Gasteiger partial charge in [0.05, 0.1) is 5.88 Å². The number of carbonyl (C=O) groups excluding carboxylic acids is 2. The third-order valence-electron chi connectivity index (χ3n) is 4.64. The molecule has 0 saturated carbocycles. The van der Waals surface area contributed by atoms with Crippen LogP contribution in [-0.2, 0) is 14.3 Å². The van der Waals surface area contributed by atoms with Crippen LogP contribution in [0.25, 0.3) is 11.1 Å². The quantitative estimate of drug-likeness (QED) is 0.453. The van der Waals surface area contributed by atoms with Crippen molar-refractivity contribution in [1.29, 1.82) is 0 Å². The molecular formula is C21H22N2O5S. The van der Waals surface area contributed by atoms with Crippen LogP contribution in [-0.4, -0.2) is 47.4 Å². The zero-order chi connectivity index (χ0) is 20.8. The molecule has 29 heavy (non-hydrogen) atoms. The predicted octanol–water partition coefficient (Wildman–Crippen LogP) is 2.81. The van der Waals surface area contributed by atoms with E-state index in [2.05, 4.69) is 10.6 Å². The second-order valence-electron chi connectivity index (χ2n) is 6.61. The van der Waals surface area contributed by atoms with Gasteiger partial charge in [-0.05, 0) is 22.3 Å². The topological polar surface area (TPSA) is 105 Å². The highest BCUT2D eigenvalue weighted by Gasteiger charge is 2.29. The molecule has 1 aliphatic rings. The number of alkyl carbamates (subject to hydrolysis) is 1. The SMILES string of the molecule is CC(=O)NCSCC(NC(=O)OCC1c2ccccc2-c2ccccc21)C(=O)O. The van der Waals surface area contributed by atoms with Crippen molar-refractivity contribution in [2.24, 2.45) is 0 Å². The van der Waals surface area contributed by atoms with E-state index in [1.807, 2.05) is 48.5 Å². The molecule has 152 valence electrons. The normalized spacial score (nSPS) is 13.1. The van der Waals surface area contributed by atoms with Crippen molar-refractivity contribution in [3.63, 3.8) is 0 Å². The number of carboxylic acids is 1. The maximum atomic E-state index is 12.2. The maximum Gasteiger partial charge on any atom is 0.407 e. The Hall–Kier alpha value is -3.00. The average molecular weight is 414 g/mol. The largest absolute Gasteiger partial charge is 0.480 e. The number of rotatable bonds is 8. The monoisotopic (exact) mass is 414 g/mol. The lowest BCUT2D eigenvalue weighted by Gasteiger charge is -2.17. The summed E-state index contributed by atoms with van der Waals surface area (Å²) in [5, 5.41) is 14.2. The van der Waals surface area contributed by atoms with Gasteiger partial charge in [-0.25, -0.2) is 9.59 Å². The van der Waals surface area contributed by atoms with Gasteiger partial charge in [-0.15, -0.1) is 11.8 Å². The zero-order valence-electron chi connectivity index (χ0n) is 15.9. The Balaban J connectivity index is 1.58. The molecule has 2 amide bonds. The number of fused-ring (bicyclic) bond motifs is 3. The van der Waals surface area contributed by atoms with Crippen molar-refractivity contribution in [3.05, 3.63) is 59.7 Å². The smallest absolute Gasteiger partial charge is 0.407 e. The number of aliphatic carboxylic acids is 1. The molecule has 2 aromatic carbocycles. The van der Waals surface area contributed by atoms with Gasteiger partial charge >= 0.3 is 12.1 Å². The molecule has 3 rings (SSSR count). The van der Waals surface area contributed by atoms with E-state index >= 15 is 0 Å². The fraction of sp³-hybridized carbons (Fsp3) is 0.286. The van der Waals surface area contributed by atoms with Crippen molar-refractivity contribution in [2.75, 3.05) is 18.2 Å². The van der Waals surface area contributed by atoms with Gasteiger partial charge in [-0.1, -0.05) is 48.5 Å². The van der Waals surface area contributed by atoms with E-state index in [4.69, 9.17) is 4.74 Å². The Morgan fingerprint density at radius 3 is 2.21 bits per heavy atom. The summed E-state index contributed by atoms with van der Waals surface area (Å²) in [6.45, 7) is 1.50. The Morgan fingerprint density at radius 2 is 1.66 bits per heavy atom. The lowest BCUT2D eigenvalue weighted by atomic mass is 9.98. The van der Waals surface area contributed by atoms with Crippen LogP contribution >= 0.6 is 11.8 Å². The lowest BCUT2D eigenvalue weighted by molar-refractivity contribution is -0.138. The summed E-state index contributed by atoms with van der Waals surface area (Å²) in [5.41, 5.74) is 4.41. The molecule has 1 unspecified atom stereocenters. The van der Waals surface area contributed by atoms with Crippen molar-refractivity contribution >= 4 is 29.7 Å². The Bertz CT molecular complexity index is 872. The first kappa shape index (κ1) is 20.7. The summed E-state index contributed by atoms with van der Waals surface area (Å²) in [5.74, 6) is -1.07. The molecule has 7 nitrogen and oxygen atoms in total. The van der Waals surface area contributed by atoms with Gasteiger partial charge in [0.15, 0.2) is 0 Å². The molecule has 0 radical (unpaired) electrons. The first-order valence-electron chi connectivity index (χ1n) is 9.14. The maximum absolute atomic E-state index is 12.2. The Kier molecular flexibility index (Phi) is 6.77. The molecule has 0 aliphatic heterocycles. The second-order valence-corrected chi connectivity index (χ2v) is 7.64. The Labute approximate surface area is 172 Å². The van der Waals surface area contributed by atoms with Crippen LogP contribution < -0.4 is 10.6 Å². The van der Waals surface area contributed by atoms with Crippen molar-refractivity contribution in [3.8, 4) is 11.1 Å². The minimum absolute atomic E-state index is 0.0921. The van der Waals surface area contributed by atoms with Gasteiger partial charge in [-0.3, -0.25) is 4.79 Å². The van der Waals surface area contributed by atoms with E-state index < -0.39 is 18.1 Å². The van der Waals surface area contributed by atoms with Gasteiger partial charge in [0.1, 0.15) is 12.6 Å². The molecule has 1 aliphatic carbocycles. The molecule has 1 atom stereocenters. The summed E-state index contributed by atoms with van der Waals surface area (Å²) in [6.07, 6.45) is -0.778. The molecule has 0 heterocycles. The molecule has 0 fully saturated rings. The van der Waals surface area contributed by atoms with Crippen LogP contribution in [0.4, 0.5) is 4.79 Å². The van der Waals surface area contributed by atoms with Gasteiger partial charge in [0.2, 0.25) is 5.91 Å². The molecule has 0 spiro atoms. The molecular weight excluding hydrogens is 392 g/mol. The number of nitrogens with one attached hydrogen (secondary N) is 2. The Morgan fingerprint density at radius 1 is 1.07 bits per heavy atom. The van der Waals surface area contributed by atoms with Gasteiger partial charge in [0.25, 0.3) is 0 Å². The zero-order valence-corrected chi connectivity index (χ0v) is 16.7. The molecule has 8 heteroatoms. The standard InChI is InChI=1S/C21H22N2O5S/c1-13(24)22-12-29-11-19(20(25)26)23-21(27)28-10-18-16-8-4-2-6-14(16)15-7-3-5-9-17(15)18/h2-9,18-19H,10-12H2,1H3,(H,22,24)(H,23,27)(H,25,26). The highest BCUT2D eigenvalue weighted by Crippen LogP contribution is 2.44. The van der Waals surface area contributed by atoms with Gasteiger partial charge in [0, 0.05) is 18.6 Å². The molecule has 0 bridgehead atoms. The number of hydrogen-bond donors (Lipinski definition) is 3. The van der Waals surface area contributed by atoms with Crippen LogP contribution in [0.1, 0.15) is 24.0 Å². The first-order valence-corrected chi connectivity index (χ1v) is 10.3. The van der Waals surface area contributed by atoms with E-state index in [1.54, 1.807) is 0 Å². The van der Waals surface area contributed by atoms with E-state index in [0.29, 0.717) is 0 Å². The summed E-state index contributed by atoms with van der Waals surface area (Å²) in [4.78, 5) is 34.4. The minimum atomic E-state index is -1.16. The number of benzene rings is 2. The third kappa shape index (κ3) is 5.08. The lowest BCUT2D eigenvalue weighted by Crippen LogP contribution is -2.43. The molecule has 3 N–H and O–H groups in total. The highest BCUT2D eigenvalue weighted by atomic mass is 32.2. The predicted molar refractivity (Wildman–Crippen MR) is 111 cm³/mol. The number of hydrogen-bond acceptors (Lipinski definition) is 5. The van der Waals surface area contributed by atoms with Crippen LogP contribution in [0.15, 0.2) is 48.5 Å².